The molecule has 1 aromatic rings. The summed E-state index contributed by atoms with van der Waals surface area (Å²) in [7, 11) is 0. The highest BCUT2D eigenvalue weighted by atomic mass is 15.0. The van der Waals surface area contributed by atoms with Gasteiger partial charge in [0, 0.05) is 11.3 Å². The van der Waals surface area contributed by atoms with Crippen LogP contribution in [0.5, 0.6) is 0 Å². The van der Waals surface area contributed by atoms with Crippen molar-refractivity contribution in [3.63, 3.8) is 0 Å². The van der Waals surface area contributed by atoms with Crippen LogP contribution in [0.2, 0.25) is 0 Å². The highest BCUT2D eigenvalue weighted by Crippen LogP contribution is 2.35. The van der Waals surface area contributed by atoms with Crippen LogP contribution >= 0.6 is 0 Å². The van der Waals surface area contributed by atoms with Crippen LogP contribution in [0.15, 0.2) is 17.1 Å². The van der Waals surface area contributed by atoms with E-state index < -0.39 is 0 Å². The van der Waals surface area contributed by atoms with Crippen LogP contribution in [-0.2, 0) is 0 Å². The van der Waals surface area contributed by atoms with Crippen molar-refractivity contribution < 1.29 is 0 Å². The molecule has 3 heteroatoms. The third kappa shape index (κ3) is 1.67. The number of hydrogen-bond acceptors (Lipinski definition) is 3. The number of nitrogens with one attached hydrogen (secondary N) is 1. The normalized spacial score (nSPS) is 17.8. The van der Waals surface area contributed by atoms with Crippen LogP contribution in [0.3, 0.4) is 0 Å². The zero-order chi connectivity index (χ0) is 11.7. The van der Waals surface area contributed by atoms with Crippen molar-refractivity contribution in [2.75, 3.05) is 5.32 Å². The number of aliphatic imine (C=N–C) groups is 1. The summed E-state index contributed by atoms with van der Waals surface area (Å²) in [4.78, 5) is 4.30. The Morgan fingerprint density at radius 1 is 1.44 bits per heavy atom. The van der Waals surface area contributed by atoms with Crippen molar-refractivity contribution in [1.29, 1.82) is 5.26 Å². The van der Waals surface area contributed by atoms with Gasteiger partial charge in [-0.25, -0.2) is 0 Å². The van der Waals surface area contributed by atoms with Gasteiger partial charge in [0.15, 0.2) is 0 Å². The van der Waals surface area contributed by atoms with Crippen molar-refractivity contribution in [2.24, 2.45) is 4.99 Å². The molecule has 82 valence electrons. The fourth-order valence-corrected chi connectivity index (χ4v) is 2.00. The van der Waals surface area contributed by atoms with Crippen LogP contribution in [-0.4, -0.2) is 6.34 Å². The molecule has 0 saturated carbocycles. The van der Waals surface area contributed by atoms with E-state index in [0.717, 1.165) is 11.3 Å². The molecule has 1 heterocycles. The predicted octanol–water partition coefficient (Wildman–Crippen LogP) is 3.20. The van der Waals surface area contributed by atoms with E-state index in [1.807, 2.05) is 19.1 Å². The van der Waals surface area contributed by atoms with Crippen LogP contribution in [0.4, 0.5) is 5.69 Å². The molecular formula is C13H15N3. The van der Waals surface area contributed by atoms with Gasteiger partial charge in [-0.3, -0.25) is 4.99 Å². The number of anilines is 1. The summed E-state index contributed by atoms with van der Waals surface area (Å²) < 4.78 is 0. The number of rotatable bonds is 1. The lowest BCUT2D eigenvalue weighted by Gasteiger charge is -2.23. The largest absolute Gasteiger partial charge is 0.346 e. The van der Waals surface area contributed by atoms with Crippen LogP contribution in [0.1, 0.15) is 49.4 Å². The van der Waals surface area contributed by atoms with Gasteiger partial charge in [-0.2, -0.15) is 5.26 Å². The van der Waals surface area contributed by atoms with E-state index in [4.69, 9.17) is 5.26 Å². The van der Waals surface area contributed by atoms with Gasteiger partial charge in [0.25, 0.3) is 0 Å². The lowest BCUT2D eigenvalue weighted by Crippen LogP contribution is -2.12. The lowest BCUT2D eigenvalue weighted by atomic mass is 9.92. The summed E-state index contributed by atoms with van der Waals surface area (Å²) in [6.07, 6.45) is 1.74. The van der Waals surface area contributed by atoms with E-state index >= 15 is 0 Å². The van der Waals surface area contributed by atoms with Gasteiger partial charge in [0.05, 0.1) is 24.0 Å². The monoisotopic (exact) mass is 213 g/mol. The van der Waals surface area contributed by atoms with E-state index in [0.29, 0.717) is 11.5 Å². The average Bonchev–Trinajstić information content (AvgIpc) is 2.28. The molecule has 0 fully saturated rings. The molecule has 1 atom stereocenters. The summed E-state index contributed by atoms with van der Waals surface area (Å²) in [5, 5.41) is 12.2. The Morgan fingerprint density at radius 2 is 2.19 bits per heavy atom. The SMILES string of the molecule is CC(C)c1cc(C#N)cc2c1NC=NC2C. The predicted molar refractivity (Wildman–Crippen MR) is 65.8 cm³/mol. The average molecular weight is 213 g/mol. The van der Waals surface area contributed by atoms with Gasteiger partial charge in [0.2, 0.25) is 0 Å². The number of nitriles is 1. The molecular weight excluding hydrogens is 198 g/mol. The second-order valence-electron chi connectivity index (χ2n) is 4.39. The van der Waals surface area contributed by atoms with Crippen LogP contribution < -0.4 is 5.32 Å². The van der Waals surface area contributed by atoms with Crippen molar-refractivity contribution in [3.05, 3.63) is 28.8 Å². The molecule has 0 aromatic heterocycles. The maximum absolute atomic E-state index is 9.02. The van der Waals surface area contributed by atoms with Gasteiger partial charge in [-0.1, -0.05) is 13.8 Å². The van der Waals surface area contributed by atoms with E-state index in [2.05, 4.69) is 30.2 Å². The van der Waals surface area contributed by atoms with Crippen LogP contribution in [0, 0.1) is 11.3 Å². The van der Waals surface area contributed by atoms with Gasteiger partial charge in [-0.15, -0.1) is 0 Å². The molecule has 2 rings (SSSR count). The van der Waals surface area contributed by atoms with E-state index in [1.165, 1.54) is 5.56 Å². The molecule has 0 saturated heterocycles. The van der Waals surface area contributed by atoms with E-state index in [-0.39, 0.29) is 6.04 Å². The fourth-order valence-electron chi connectivity index (χ4n) is 2.00. The van der Waals surface area contributed by atoms with Gasteiger partial charge in [0.1, 0.15) is 0 Å². The molecule has 0 radical (unpaired) electrons. The van der Waals surface area contributed by atoms with Crippen molar-refractivity contribution in [2.45, 2.75) is 32.7 Å². The molecule has 0 spiro atoms. The second-order valence-corrected chi connectivity index (χ2v) is 4.39. The topological polar surface area (TPSA) is 48.2 Å². The first kappa shape index (κ1) is 10.7. The Balaban J connectivity index is 2.64. The maximum atomic E-state index is 9.02. The lowest BCUT2D eigenvalue weighted by molar-refractivity contribution is 0.802. The first-order valence-corrected chi connectivity index (χ1v) is 5.49. The van der Waals surface area contributed by atoms with Gasteiger partial charge < -0.3 is 5.32 Å². The summed E-state index contributed by atoms with van der Waals surface area (Å²) in [6.45, 7) is 6.31. The Hall–Kier alpha value is -1.82. The first-order valence-electron chi connectivity index (χ1n) is 5.49. The first-order chi connectivity index (χ1) is 7.63. The highest BCUT2D eigenvalue weighted by Gasteiger charge is 2.19. The molecule has 1 aliphatic rings. The summed E-state index contributed by atoms with van der Waals surface area (Å²) in [5.74, 6) is 0.397. The van der Waals surface area contributed by atoms with Crippen LogP contribution in [0.25, 0.3) is 0 Å². The van der Waals surface area contributed by atoms with Crippen molar-refractivity contribution in [1.82, 2.24) is 0 Å². The third-order valence-corrected chi connectivity index (χ3v) is 2.91. The second kappa shape index (κ2) is 3.97. The molecule has 1 unspecified atom stereocenters. The summed E-state index contributed by atoms with van der Waals surface area (Å²) >= 11 is 0. The summed E-state index contributed by atoms with van der Waals surface area (Å²) in [5.41, 5.74) is 4.14. The van der Waals surface area contributed by atoms with Crippen molar-refractivity contribution >= 4 is 12.0 Å². The molecule has 1 aromatic carbocycles. The van der Waals surface area contributed by atoms with E-state index in [9.17, 15) is 0 Å². The smallest absolute Gasteiger partial charge is 0.0991 e. The number of hydrogen-bond donors (Lipinski definition) is 1. The molecule has 1 aliphatic heterocycles. The van der Waals surface area contributed by atoms with E-state index in [1.54, 1.807) is 6.34 Å². The number of fused-ring (bicyclic) bond motifs is 1. The zero-order valence-electron chi connectivity index (χ0n) is 9.78. The minimum Gasteiger partial charge on any atom is -0.346 e. The zero-order valence-corrected chi connectivity index (χ0v) is 9.78. The molecule has 3 nitrogen and oxygen atoms in total. The Bertz CT molecular complexity index is 481. The Morgan fingerprint density at radius 3 is 2.81 bits per heavy atom. The highest BCUT2D eigenvalue weighted by molar-refractivity contribution is 5.83. The quantitative estimate of drug-likeness (QED) is 0.778. The third-order valence-electron chi connectivity index (χ3n) is 2.91. The molecule has 1 N–H and O–H groups in total. The Labute approximate surface area is 95.8 Å². The van der Waals surface area contributed by atoms with Crippen molar-refractivity contribution in [3.8, 4) is 6.07 Å². The van der Waals surface area contributed by atoms with Gasteiger partial charge in [-0.05, 0) is 30.5 Å². The molecule has 0 amide bonds. The molecule has 0 aliphatic carbocycles. The summed E-state index contributed by atoms with van der Waals surface area (Å²) in [6, 6.07) is 6.23. The number of benzene rings is 1. The maximum Gasteiger partial charge on any atom is 0.0991 e. The molecule has 0 bridgehead atoms. The molecule has 16 heavy (non-hydrogen) atoms. The minimum absolute atomic E-state index is 0.127. The standard InChI is InChI=1S/C13H15N3/c1-8(2)11-4-10(6-14)5-12-9(3)15-7-16-13(11)12/h4-5,7-9H,1-3H3,(H,15,16). The number of nitrogens with zero attached hydrogens (tertiary/aromatic N) is 2. The van der Waals surface area contributed by atoms with Gasteiger partial charge >= 0.3 is 0 Å². The minimum atomic E-state index is 0.127. The Kier molecular flexibility index (Phi) is 2.66. The fraction of sp³-hybridized carbons (Fsp3) is 0.385.